The number of rotatable bonds is 3. The normalized spacial score (nSPS) is 16.1. The largest absolute Gasteiger partial charge is 0.462 e. The smallest absolute Gasteiger partial charge is 0.340 e. The second-order valence-corrected chi connectivity index (χ2v) is 6.73. The van der Waals surface area contributed by atoms with Crippen LogP contribution in [0.3, 0.4) is 0 Å². The van der Waals surface area contributed by atoms with E-state index in [4.69, 9.17) is 10.5 Å². The van der Waals surface area contributed by atoms with Gasteiger partial charge in [-0.2, -0.15) is 4.68 Å². The van der Waals surface area contributed by atoms with Gasteiger partial charge in [-0.15, -0.1) is 11.3 Å². The molecule has 2 aromatic heterocycles. The van der Waals surface area contributed by atoms with E-state index in [1.807, 2.05) is 11.4 Å². The Bertz CT molecular complexity index is 1170. The molecule has 0 bridgehead atoms. The molecule has 2 N–H and O–H groups in total. The fourth-order valence-electron chi connectivity index (χ4n) is 3.25. The van der Waals surface area contributed by atoms with Crippen LogP contribution in [-0.4, -0.2) is 21.9 Å². The van der Waals surface area contributed by atoms with Crippen molar-refractivity contribution in [1.82, 2.24) is 9.36 Å². The third-order valence-corrected chi connectivity index (χ3v) is 5.26. The molecule has 3 heterocycles. The maximum absolute atomic E-state index is 13.1. The van der Waals surface area contributed by atoms with Crippen molar-refractivity contribution in [1.29, 1.82) is 0 Å². The van der Waals surface area contributed by atoms with E-state index in [9.17, 15) is 14.4 Å². The first-order valence-electron chi connectivity index (χ1n) is 8.03. The van der Waals surface area contributed by atoms with Crippen LogP contribution in [0.4, 0.5) is 0 Å². The molecule has 0 amide bonds. The third-order valence-electron chi connectivity index (χ3n) is 4.33. The van der Waals surface area contributed by atoms with E-state index in [-0.39, 0.29) is 34.3 Å². The molecule has 26 heavy (non-hydrogen) atoms. The van der Waals surface area contributed by atoms with Crippen molar-refractivity contribution in [3.05, 3.63) is 72.9 Å². The van der Waals surface area contributed by atoms with Crippen LogP contribution in [-0.2, 0) is 9.53 Å². The zero-order chi connectivity index (χ0) is 18.4. The van der Waals surface area contributed by atoms with Gasteiger partial charge in [0.2, 0.25) is 0 Å². The highest BCUT2D eigenvalue weighted by atomic mass is 32.1. The summed E-state index contributed by atoms with van der Waals surface area (Å²) in [6, 6.07) is 9.35. The van der Waals surface area contributed by atoms with Crippen LogP contribution in [0.2, 0.25) is 0 Å². The molecule has 1 atom stereocenters. The van der Waals surface area contributed by atoms with Crippen molar-refractivity contribution in [2.75, 3.05) is 6.61 Å². The van der Waals surface area contributed by atoms with Gasteiger partial charge in [0.05, 0.1) is 17.4 Å². The van der Waals surface area contributed by atoms with Gasteiger partial charge in [0.25, 0.3) is 11.1 Å². The molecule has 1 unspecified atom stereocenters. The number of ether oxygens (including phenoxy) is 1. The molecule has 1 aliphatic heterocycles. The number of benzene rings is 1. The Morgan fingerprint density at radius 2 is 1.85 bits per heavy atom. The number of carbonyl (C=O) groups excluding carboxylic acids is 1. The first kappa shape index (κ1) is 16.3. The van der Waals surface area contributed by atoms with Crippen molar-refractivity contribution >= 4 is 33.9 Å². The van der Waals surface area contributed by atoms with E-state index < -0.39 is 17.6 Å². The number of thiophene rings is 1. The highest BCUT2D eigenvalue weighted by molar-refractivity contribution is 7.10. The van der Waals surface area contributed by atoms with Crippen molar-refractivity contribution < 1.29 is 9.53 Å². The summed E-state index contributed by atoms with van der Waals surface area (Å²) in [7, 11) is 0. The number of esters is 1. The molecule has 3 aromatic rings. The monoisotopic (exact) mass is 369 g/mol. The van der Waals surface area contributed by atoms with Gasteiger partial charge in [-0.25, -0.2) is 9.48 Å². The maximum Gasteiger partial charge on any atom is 0.340 e. The summed E-state index contributed by atoms with van der Waals surface area (Å²) in [5.74, 6) is -0.711. The summed E-state index contributed by atoms with van der Waals surface area (Å²) in [4.78, 5) is 39.4. The molecular weight excluding hydrogens is 354 g/mol. The molecule has 0 aliphatic carbocycles. The van der Waals surface area contributed by atoms with Gasteiger partial charge in [-0.3, -0.25) is 9.59 Å². The van der Waals surface area contributed by atoms with E-state index >= 15 is 0 Å². The fourth-order valence-corrected chi connectivity index (χ4v) is 4.07. The number of aromatic nitrogens is 2. The standard InChI is InChI=1S/C18H15N3O4S/c1-2-25-18(24)13-14(12-8-5-9-26-12)20-16(22)10-6-3-4-7-11(10)17(23)21(20)15(13)19/h3-9,14H,2,19H2,1H3. The minimum atomic E-state index is -0.793. The first-order valence-corrected chi connectivity index (χ1v) is 8.91. The second-order valence-electron chi connectivity index (χ2n) is 5.75. The first-order chi connectivity index (χ1) is 12.6. The zero-order valence-corrected chi connectivity index (χ0v) is 14.7. The fraction of sp³-hybridized carbons (Fsp3) is 0.167. The van der Waals surface area contributed by atoms with Gasteiger partial charge >= 0.3 is 5.97 Å². The minimum absolute atomic E-state index is 0.0743. The number of hydrogen-bond acceptors (Lipinski definition) is 6. The number of hydrogen-bond donors (Lipinski definition) is 1. The number of nitrogens with zero attached hydrogens (tertiary/aromatic N) is 2. The summed E-state index contributed by atoms with van der Waals surface area (Å²) in [5.41, 5.74) is 5.43. The van der Waals surface area contributed by atoms with Gasteiger partial charge in [0.1, 0.15) is 17.4 Å². The predicted octanol–water partition coefficient (Wildman–Crippen LogP) is 1.52. The molecule has 1 aromatic carbocycles. The molecule has 8 heteroatoms. The molecule has 0 saturated carbocycles. The minimum Gasteiger partial charge on any atom is -0.462 e. The lowest BCUT2D eigenvalue weighted by molar-refractivity contribution is -0.138. The van der Waals surface area contributed by atoms with Gasteiger partial charge < -0.3 is 10.5 Å². The number of carbonyl (C=O) groups is 1. The van der Waals surface area contributed by atoms with Gasteiger partial charge in [0.15, 0.2) is 0 Å². The van der Waals surface area contributed by atoms with Gasteiger partial charge in [0, 0.05) is 4.88 Å². The molecule has 4 rings (SSSR count). The molecular formula is C18H15N3O4S. The highest BCUT2D eigenvalue weighted by Crippen LogP contribution is 2.35. The topological polar surface area (TPSA) is 96.3 Å². The summed E-state index contributed by atoms with van der Waals surface area (Å²) >= 11 is 1.37. The van der Waals surface area contributed by atoms with Crippen molar-refractivity contribution in [3.63, 3.8) is 0 Å². The van der Waals surface area contributed by atoms with Crippen LogP contribution < -0.4 is 16.9 Å². The quantitative estimate of drug-likeness (QED) is 0.706. The molecule has 0 spiro atoms. The van der Waals surface area contributed by atoms with Crippen molar-refractivity contribution in [3.8, 4) is 0 Å². The van der Waals surface area contributed by atoms with E-state index in [1.165, 1.54) is 16.0 Å². The van der Waals surface area contributed by atoms with E-state index in [2.05, 4.69) is 0 Å². The number of fused-ring (bicyclic) bond motifs is 2. The Labute approximate surface area is 151 Å². The van der Waals surface area contributed by atoms with Gasteiger partial charge in [-0.05, 0) is 30.5 Å². The molecule has 132 valence electrons. The van der Waals surface area contributed by atoms with Crippen molar-refractivity contribution in [2.24, 2.45) is 5.73 Å². The number of nitrogens with two attached hydrogens (primary N) is 1. The summed E-state index contributed by atoms with van der Waals surface area (Å²) in [6.07, 6.45) is 0. The van der Waals surface area contributed by atoms with Crippen LogP contribution in [0.15, 0.2) is 56.9 Å². The third kappa shape index (κ3) is 2.15. The predicted molar refractivity (Wildman–Crippen MR) is 99.0 cm³/mol. The summed E-state index contributed by atoms with van der Waals surface area (Å²) in [6.45, 7) is 1.85. The van der Waals surface area contributed by atoms with Crippen LogP contribution in [0, 0.1) is 0 Å². The zero-order valence-electron chi connectivity index (χ0n) is 13.8. The molecule has 1 aliphatic rings. The van der Waals surface area contributed by atoms with Crippen LogP contribution in [0.5, 0.6) is 0 Å². The Balaban J connectivity index is 2.12. The highest BCUT2D eigenvalue weighted by Gasteiger charge is 2.39. The molecule has 0 radical (unpaired) electrons. The summed E-state index contributed by atoms with van der Waals surface area (Å²) < 4.78 is 7.46. The van der Waals surface area contributed by atoms with Crippen molar-refractivity contribution in [2.45, 2.75) is 13.0 Å². The lowest BCUT2D eigenvalue weighted by Crippen LogP contribution is -2.38. The second kappa shape index (κ2) is 5.99. The van der Waals surface area contributed by atoms with Gasteiger partial charge in [-0.1, -0.05) is 18.2 Å². The lowest BCUT2D eigenvalue weighted by atomic mass is 10.1. The Morgan fingerprint density at radius 3 is 2.46 bits per heavy atom. The average Bonchev–Trinajstić information content (AvgIpc) is 3.26. The van der Waals surface area contributed by atoms with E-state index in [1.54, 1.807) is 37.3 Å². The van der Waals surface area contributed by atoms with E-state index in [0.717, 1.165) is 9.56 Å². The average molecular weight is 369 g/mol. The Morgan fingerprint density at radius 1 is 1.15 bits per heavy atom. The maximum atomic E-state index is 13.1. The Hall–Kier alpha value is -3.13. The van der Waals surface area contributed by atoms with Crippen LogP contribution in [0.25, 0.3) is 16.6 Å². The molecule has 0 saturated heterocycles. The molecule has 0 fully saturated rings. The summed E-state index contributed by atoms with van der Waals surface area (Å²) in [5, 5.41) is 2.38. The van der Waals surface area contributed by atoms with Crippen LogP contribution >= 0.6 is 11.3 Å². The molecule has 7 nitrogen and oxygen atoms in total. The SMILES string of the molecule is CCOC(=O)C1=C(N)n2c(=O)c3ccccc3c(=O)n2C1c1cccs1. The Kier molecular flexibility index (Phi) is 3.77. The van der Waals surface area contributed by atoms with E-state index in [0.29, 0.717) is 0 Å². The lowest BCUT2D eigenvalue weighted by Gasteiger charge is -2.16. The van der Waals surface area contributed by atoms with Crippen LogP contribution in [0.1, 0.15) is 17.8 Å².